The molecule has 0 aromatic carbocycles. The highest BCUT2D eigenvalue weighted by Crippen LogP contribution is 2.34. The minimum absolute atomic E-state index is 0.00667. The largest absolute Gasteiger partial charge is 0.390 e. The summed E-state index contributed by atoms with van der Waals surface area (Å²) in [5.41, 5.74) is 13.6. The molecule has 0 unspecified atom stereocenters. The van der Waals surface area contributed by atoms with Gasteiger partial charge in [0.25, 0.3) is 0 Å². The van der Waals surface area contributed by atoms with Gasteiger partial charge < -0.3 is 15.3 Å². The lowest BCUT2D eigenvalue weighted by Crippen LogP contribution is -2.47. The number of azide groups is 1. The number of carbonyl (C=O) groups excluding carboxylic acids is 1. The number of aliphatic hydroxyl groups is 1. The highest BCUT2D eigenvalue weighted by Gasteiger charge is 2.27. The smallest absolute Gasteiger partial charge is 0.219 e. The van der Waals surface area contributed by atoms with Gasteiger partial charge in [0.15, 0.2) is 0 Å². The Morgan fingerprint density at radius 3 is 2.90 bits per heavy atom. The SMILES string of the molecule is CN(Cc1nc2cccc(N3CCN(CCCNC(=O)CCCN=[N+]=[N-])CC3)n2c1CO)[C@H]1CCCc2ccncc21. The van der Waals surface area contributed by atoms with Crippen LogP contribution in [0.15, 0.2) is 41.8 Å². The first-order chi connectivity index (χ1) is 20.6. The molecule has 3 aromatic heterocycles. The second-order valence-corrected chi connectivity index (χ2v) is 11.2. The van der Waals surface area contributed by atoms with Gasteiger partial charge in [0.1, 0.15) is 11.5 Å². The molecule has 1 fully saturated rings. The van der Waals surface area contributed by atoms with Crippen molar-refractivity contribution in [3.05, 3.63) is 69.6 Å². The zero-order chi connectivity index (χ0) is 29.3. The lowest BCUT2D eigenvalue weighted by atomic mass is 9.88. The van der Waals surface area contributed by atoms with E-state index < -0.39 is 0 Å². The average Bonchev–Trinajstić information content (AvgIpc) is 3.38. The molecule has 1 saturated heterocycles. The zero-order valence-electron chi connectivity index (χ0n) is 24.5. The molecule has 12 nitrogen and oxygen atoms in total. The first-order valence-electron chi connectivity index (χ1n) is 15.1. The number of aromatic nitrogens is 3. The van der Waals surface area contributed by atoms with Crippen LogP contribution in [0, 0.1) is 0 Å². The predicted octanol–water partition coefficient (Wildman–Crippen LogP) is 3.45. The Morgan fingerprint density at radius 1 is 1.24 bits per heavy atom. The number of imidazole rings is 1. The Balaban J connectivity index is 1.18. The first-order valence-corrected chi connectivity index (χ1v) is 15.1. The Morgan fingerprint density at radius 2 is 2.10 bits per heavy atom. The maximum absolute atomic E-state index is 11.9. The number of aliphatic hydroxyl groups excluding tert-OH is 1. The first kappa shape index (κ1) is 29.8. The molecule has 1 aliphatic carbocycles. The van der Waals surface area contributed by atoms with Crippen LogP contribution in [-0.2, 0) is 24.4 Å². The van der Waals surface area contributed by atoms with E-state index in [0.717, 1.165) is 81.3 Å². The van der Waals surface area contributed by atoms with Crippen molar-refractivity contribution < 1.29 is 9.90 Å². The molecule has 1 atom stereocenters. The summed E-state index contributed by atoms with van der Waals surface area (Å²) in [6, 6.07) is 8.63. The van der Waals surface area contributed by atoms with Crippen molar-refractivity contribution in [3.8, 4) is 0 Å². The third kappa shape index (κ3) is 7.01. The molecule has 5 rings (SSSR count). The van der Waals surface area contributed by atoms with E-state index in [9.17, 15) is 9.90 Å². The summed E-state index contributed by atoms with van der Waals surface area (Å²) in [6.45, 7) is 6.16. The molecule has 0 saturated carbocycles. The van der Waals surface area contributed by atoms with E-state index in [1.165, 1.54) is 11.1 Å². The van der Waals surface area contributed by atoms with Crippen molar-refractivity contribution in [2.75, 3.05) is 57.8 Å². The standard InChI is InChI=1S/C30H42N10O2/c1-37(26-7-2-6-23-11-14-32-20-24(23)26)21-25-27(22-41)40-28(35-25)8-3-10-30(40)39-18-16-38(17-19-39)15-5-12-33-29(42)9-4-13-34-36-31/h3,8,10-11,14,20,26,41H,2,4-7,9,12-13,15-19,21-22H2,1H3,(H,33,42)/t26-/m0/s1. The van der Waals surface area contributed by atoms with Crippen LogP contribution < -0.4 is 10.2 Å². The minimum atomic E-state index is -0.0681. The molecule has 2 N–H and O–H groups in total. The van der Waals surface area contributed by atoms with Crippen LogP contribution in [0.2, 0.25) is 0 Å². The zero-order valence-corrected chi connectivity index (χ0v) is 24.5. The van der Waals surface area contributed by atoms with Crippen molar-refractivity contribution >= 4 is 17.4 Å². The normalized spacial score (nSPS) is 17.3. The lowest BCUT2D eigenvalue weighted by Gasteiger charge is -2.36. The summed E-state index contributed by atoms with van der Waals surface area (Å²) in [5.74, 6) is 1.07. The number of nitrogens with zero attached hydrogens (tertiary/aromatic N) is 9. The summed E-state index contributed by atoms with van der Waals surface area (Å²) < 4.78 is 2.13. The molecular weight excluding hydrogens is 532 g/mol. The monoisotopic (exact) mass is 574 g/mol. The van der Waals surface area contributed by atoms with E-state index in [0.29, 0.717) is 38.5 Å². The Bertz CT molecular complexity index is 1390. The van der Waals surface area contributed by atoms with Gasteiger partial charge in [0, 0.05) is 75.6 Å². The van der Waals surface area contributed by atoms with E-state index in [2.05, 4.69) is 64.7 Å². The number of pyridine rings is 2. The van der Waals surface area contributed by atoms with Gasteiger partial charge in [-0.15, -0.1) is 0 Å². The number of hydrogen-bond donors (Lipinski definition) is 2. The molecule has 1 amide bonds. The summed E-state index contributed by atoms with van der Waals surface area (Å²) in [6.07, 6.45) is 9.11. The van der Waals surface area contributed by atoms with Gasteiger partial charge in [-0.3, -0.25) is 24.0 Å². The molecule has 0 spiro atoms. The summed E-state index contributed by atoms with van der Waals surface area (Å²) >= 11 is 0. The van der Waals surface area contributed by atoms with Crippen molar-refractivity contribution in [2.24, 2.45) is 5.11 Å². The van der Waals surface area contributed by atoms with E-state index in [4.69, 9.17) is 10.5 Å². The molecule has 12 heteroatoms. The number of nitrogens with one attached hydrogen (secondary N) is 1. The van der Waals surface area contributed by atoms with Gasteiger partial charge >= 0.3 is 0 Å². The van der Waals surface area contributed by atoms with Crippen LogP contribution in [0.4, 0.5) is 5.82 Å². The Kier molecular flexibility index (Phi) is 10.3. The quantitative estimate of drug-likeness (QED) is 0.138. The van der Waals surface area contributed by atoms with Crippen LogP contribution in [0.1, 0.15) is 60.7 Å². The summed E-state index contributed by atoms with van der Waals surface area (Å²) in [4.78, 5) is 31.2. The number of rotatable bonds is 13. The fourth-order valence-electron chi connectivity index (χ4n) is 6.30. The molecule has 224 valence electrons. The summed E-state index contributed by atoms with van der Waals surface area (Å²) in [7, 11) is 2.15. The van der Waals surface area contributed by atoms with Crippen molar-refractivity contribution in [3.63, 3.8) is 0 Å². The van der Waals surface area contributed by atoms with Crippen molar-refractivity contribution in [1.82, 2.24) is 29.5 Å². The number of hydrogen-bond acceptors (Lipinski definition) is 8. The fraction of sp³-hybridized carbons (Fsp3) is 0.567. The molecule has 3 aromatic rings. The molecule has 4 heterocycles. The van der Waals surface area contributed by atoms with E-state index in [1.807, 2.05) is 18.5 Å². The number of anilines is 1. The van der Waals surface area contributed by atoms with Gasteiger partial charge in [-0.25, -0.2) is 4.98 Å². The highest BCUT2D eigenvalue weighted by molar-refractivity contribution is 5.75. The molecule has 1 aliphatic heterocycles. The van der Waals surface area contributed by atoms with E-state index in [1.54, 1.807) is 0 Å². The van der Waals surface area contributed by atoms with Crippen LogP contribution >= 0.6 is 0 Å². The van der Waals surface area contributed by atoms with E-state index in [-0.39, 0.29) is 12.5 Å². The van der Waals surface area contributed by atoms with Crippen LogP contribution in [0.25, 0.3) is 16.1 Å². The maximum Gasteiger partial charge on any atom is 0.219 e. The Labute approximate surface area is 247 Å². The molecule has 0 bridgehead atoms. The number of aryl methyl sites for hydroxylation is 1. The van der Waals surface area contributed by atoms with Crippen molar-refractivity contribution in [1.29, 1.82) is 0 Å². The highest BCUT2D eigenvalue weighted by atomic mass is 16.3. The van der Waals surface area contributed by atoms with Crippen LogP contribution in [-0.4, -0.2) is 88.0 Å². The van der Waals surface area contributed by atoms with Gasteiger partial charge in [0.05, 0.1) is 18.0 Å². The van der Waals surface area contributed by atoms with Crippen molar-refractivity contribution in [2.45, 2.75) is 57.7 Å². The number of fused-ring (bicyclic) bond motifs is 2. The second kappa shape index (κ2) is 14.5. The fourth-order valence-corrected chi connectivity index (χ4v) is 6.30. The molecule has 0 radical (unpaired) electrons. The number of piperazine rings is 1. The molecule has 2 aliphatic rings. The third-order valence-electron chi connectivity index (χ3n) is 8.51. The second-order valence-electron chi connectivity index (χ2n) is 11.2. The summed E-state index contributed by atoms with van der Waals surface area (Å²) in [5, 5.41) is 16.9. The number of amides is 1. The maximum atomic E-state index is 11.9. The third-order valence-corrected chi connectivity index (χ3v) is 8.51. The molecular formula is C30H42N10O2. The minimum Gasteiger partial charge on any atom is -0.390 e. The molecule has 42 heavy (non-hydrogen) atoms. The topological polar surface area (TPSA) is 138 Å². The Hall–Kier alpha value is -3.70. The van der Waals surface area contributed by atoms with Crippen LogP contribution in [0.3, 0.4) is 0 Å². The van der Waals surface area contributed by atoms with Gasteiger partial charge in [-0.1, -0.05) is 11.2 Å². The number of carbonyl (C=O) groups is 1. The predicted molar refractivity (Wildman–Crippen MR) is 162 cm³/mol. The average molecular weight is 575 g/mol. The lowest BCUT2D eigenvalue weighted by molar-refractivity contribution is -0.121. The van der Waals surface area contributed by atoms with Crippen LogP contribution in [0.5, 0.6) is 0 Å². The van der Waals surface area contributed by atoms with Gasteiger partial charge in [0.2, 0.25) is 5.91 Å². The van der Waals surface area contributed by atoms with Gasteiger partial charge in [-0.2, -0.15) is 0 Å². The van der Waals surface area contributed by atoms with Gasteiger partial charge in [-0.05, 0) is 80.6 Å². The van der Waals surface area contributed by atoms with E-state index >= 15 is 0 Å².